The predicted molar refractivity (Wildman–Crippen MR) is 71.6 cm³/mol. The third-order valence-electron chi connectivity index (χ3n) is 3.68. The molecule has 1 saturated heterocycles. The van der Waals surface area contributed by atoms with E-state index in [4.69, 9.17) is 4.52 Å². The van der Waals surface area contributed by atoms with Crippen molar-refractivity contribution in [3.05, 3.63) is 17.0 Å². The van der Waals surface area contributed by atoms with E-state index in [0.717, 1.165) is 12.8 Å². The number of amides is 1. The molecule has 1 aliphatic rings. The number of carboxylic acid groups (broad SMARTS) is 1. The van der Waals surface area contributed by atoms with Crippen LogP contribution >= 0.6 is 0 Å². The van der Waals surface area contributed by atoms with Gasteiger partial charge < -0.3 is 14.5 Å². The number of likely N-dealkylation sites (tertiary alicyclic amines) is 1. The van der Waals surface area contributed by atoms with Gasteiger partial charge in [0.2, 0.25) is 0 Å². The van der Waals surface area contributed by atoms with Crippen molar-refractivity contribution in [1.82, 2.24) is 10.1 Å². The van der Waals surface area contributed by atoms with E-state index in [9.17, 15) is 14.7 Å². The van der Waals surface area contributed by atoms with E-state index < -0.39 is 12.0 Å². The average molecular weight is 280 g/mol. The Labute approximate surface area is 117 Å². The number of rotatable bonds is 3. The molecule has 0 aromatic carbocycles. The maximum atomic E-state index is 12.7. The van der Waals surface area contributed by atoms with Gasteiger partial charge >= 0.3 is 5.97 Å². The van der Waals surface area contributed by atoms with Gasteiger partial charge in [-0.2, -0.15) is 0 Å². The number of aromatic nitrogens is 1. The van der Waals surface area contributed by atoms with Crippen molar-refractivity contribution in [2.24, 2.45) is 0 Å². The Hall–Kier alpha value is -1.85. The first-order valence-corrected chi connectivity index (χ1v) is 6.93. The molecule has 1 amide bonds. The van der Waals surface area contributed by atoms with Crippen LogP contribution in [0.2, 0.25) is 0 Å². The summed E-state index contributed by atoms with van der Waals surface area (Å²) in [6, 6.07) is -0.745. The maximum absolute atomic E-state index is 12.7. The summed E-state index contributed by atoms with van der Waals surface area (Å²) in [6.07, 6.45) is 2.17. The lowest BCUT2D eigenvalue weighted by Crippen LogP contribution is -2.48. The van der Waals surface area contributed by atoms with Crippen LogP contribution in [0.15, 0.2) is 4.52 Å². The summed E-state index contributed by atoms with van der Waals surface area (Å²) in [4.78, 5) is 25.4. The molecule has 0 radical (unpaired) electrons. The Morgan fingerprint density at radius 3 is 2.70 bits per heavy atom. The summed E-state index contributed by atoms with van der Waals surface area (Å²) in [5, 5.41) is 13.1. The predicted octanol–water partition coefficient (Wildman–Crippen LogP) is 2.19. The molecule has 20 heavy (non-hydrogen) atoms. The van der Waals surface area contributed by atoms with Crippen LogP contribution in [0.3, 0.4) is 0 Å². The van der Waals surface area contributed by atoms with Gasteiger partial charge in [-0.15, -0.1) is 0 Å². The van der Waals surface area contributed by atoms with E-state index in [-0.39, 0.29) is 11.8 Å². The molecule has 6 heteroatoms. The number of carboxylic acids is 1. The smallest absolute Gasteiger partial charge is 0.326 e. The van der Waals surface area contributed by atoms with Crippen molar-refractivity contribution in [2.75, 3.05) is 6.54 Å². The monoisotopic (exact) mass is 280 g/mol. The SMILES string of the molecule is Cc1noc(C(C)C)c1C(=O)N1CCCCC1C(=O)O. The second kappa shape index (κ2) is 5.64. The highest BCUT2D eigenvalue weighted by Gasteiger charge is 2.35. The van der Waals surface area contributed by atoms with Crippen LogP contribution < -0.4 is 0 Å². The van der Waals surface area contributed by atoms with E-state index >= 15 is 0 Å². The fraction of sp³-hybridized carbons (Fsp3) is 0.643. The molecular weight excluding hydrogens is 260 g/mol. The number of carbonyl (C=O) groups is 2. The van der Waals surface area contributed by atoms with Crippen molar-refractivity contribution in [3.8, 4) is 0 Å². The molecule has 1 N–H and O–H groups in total. The molecular formula is C14H20N2O4. The van der Waals surface area contributed by atoms with Crippen molar-refractivity contribution < 1.29 is 19.2 Å². The van der Waals surface area contributed by atoms with Gasteiger partial charge in [-0.1, -0.05) is 19.0 Å². The average Bonchev–Trinajstić information content (AvgIpc) is 2.80. The lowest BCUT2D eigenvalue weighted by Gasteiger charge is -2.33. The Morgan fingerprint density at radius 2 is 2.10 bits per heavy atom. The van der Waals surface area contributed by atoms with Crippen LogP contribution in [0.5, 0.6) is 0 Å². The molecule has 1 aliphatic heterocycles. The quantitative estimate of drug-likeness (QED) is 0.917. The molecule has 2 heterocycles. The minimum absolute atomic E-state index is 0.0308. The van der Waals surface area contributed by atoms with Crippen LogP contribution in [0.4, 0.5) is 0 Å². The zero-order chi connectivity index (χ0) is 14.9. The first-order valence-electron chi connectivity index (χ1n) is 6.93. The summed E-state index contributed by atoms with van der Waals surface area (Å²) in [5.41, 5.74) is 0.946. The van der Waals surface area contributed by atoms with E-state index in [1.165, 1.54) is 4.90 Å². The minimum atomic E-state index is -0.946. The van der Waals surface area contributed by atoms with Crippen LogP contribution in [-0.2, 0) is 4.79 Å². The fourth-order valence-corrected chi connectivity index (χ4v) is 2.62. The van der Waals surface area contributed by atoms with Crippen LogP contribution in [0, 0.1) is 6.92 Å². The molecule has 1 atom stereocenters. The molecule has 0 saturated carbocycles. The third kappa shape index (κ3) is 2.55. The summed E-state index contributed by atoms with van der Waals surface area (Å²) < 4.78 is 5.22. The number of piperidine rings is 1. The number of aliphatic carboxylic acids is 1. The largest absolute Gasteiger partial charge is 0.480 e. The minimum Gasteiger partial charge on any atom is -0.480 e. The lowest BCUT2D eigenvalue weighted by atomic mass is 9.98. The molecule has 1 aromatic rings. The fourth-order valence-electron chi connectivity index (χ4n) is 2.62. The Kier molecular flexibility index (Phi) is 4.11. The van der Waals surface area contributed by atoms with E-state index in [2.05, 4.69) is 5.16 Å². The van der Waals surface area contributed by atoms with Crippen LogP contribution in [0.1, 0.15) is 60.8 Å². The molecule has 0 spiro atoms. The van der Waals surface area contributed by atoms with Crippen molar-refractivity contribution in [1.29, 1.82) is 0 Å². The molecule has 110 valence electrons. The first kappa shape index (κ1) is 14.6. The number of hydrogen-bond acceptors (Lipinski definition) is 4. The second-order valence-corrected chi connectivity index (χ2v) is 5.51. The van der Waals surface area contributed by atoms with Crippen molar-refractivity contribution in [2.45, 2.75) is 52.0 Å². The number of hydrogen-bond donors (Lipinski definition) is 1. The van der Waals surface area contributed by atoms with E-state index in [1.807, 2.05) is 13.8 Å². The number of aryl methyl sites for hydroxylation is 1. The van der Waals surface area contributed by atoms with Gasteiger partial charge in [-0.3, -0.25) is 4.79 Å². The molecule has 6 nitrogen and oxygen atoms in total. The molecule has 2 rings (SSSR count). The topological polar surface area (TPSA) is 83.6 Å². The van der Waals surface area contributed by atoms with Crippen molar-refractivity contribution in [3.63, 3.8) is 0 Å². The molecule has 0 aliphatic carbocycles. The summed E-state index contributed by atoms with van der Waals surface area (Å²) >= 11 is 0. The third-order valence-corrected chi connectivity index (χ3v) is 3.68. The zero-order valence-electron chi connectivity index (χ0n) is 12.0. The van der Waals surface area contributed by atoms with Gasteiger partial charge in [0.1, 0.15) is 11.6 Å². The van der Waals surface area contributed by atoms with Gasteiger partial charge in [-0.25, -0.2) is 4.79 Å². The highest BCUT2D eigenvalue weighted by molar-refractivity contribution is 5.98. The zero-order valence-corrected chi connectivity index (χ0v) is 12.0. The van der Waals surface area contributed by atoms with Gasteiger partial charge in [0.15, 0.2) is 5.76 Å². The summed E-state index contributed by atoms with van der Waals surface area (Å²) in [7, 11) is 0. The molecule has 0 bridgehead atoms. The van der Waals surface area contributed by atoms with Crippen LogP contribution in [-0.4, -0.2) is 39.6 Å². The number of nitrogens with zero attached hydrogens (tertiary/aromatic N) is 2. The molecule has 1 unspecified atom stereocenters. The molecule has 1 aromatic heterocycles. The lowest BCUT2D eigenvalue weighted by molar-refractivity contribution is -0.143. The Balaban J connectivity index is 2.34. The van der Waals surface area contributed by atoms with Gasteiger partial charge in [0.05, 0.1) is 5.69 Å². The highest BCUT2D eigenvalue weighted by atomic mass is 16.5. The van der Waals surface area contributed by atoms with Gasteiger partial charge in [-0.05, 0) is 26.2 Å². The van der Waals surface area contributed by atoms with Gasteiger partial charge in [0.25, 0.3) is 5.91 Å². The maximum Gasteiger partial charge on any atom is 0.326 e. The Bertz CT molecular complexity index is 521. The van der Waals surface area contributed by atoms with Crippen LogP contribution in [0.25, 0.3) is 0 Å². The standard InChI is InChI=1S/C14H20N2O4/c1-8(2)12-11(9(3)15-20-12)13(17)16-7-5-4-6-10(16)14(18)19/h8,10H,4-7H2,1-3H3,(H,18,19). The second-order valence-electron chi connectivity index (χ2n) is 5.51. The first-order chi connectivity index (χ1) is 9.43. The van der Waals surface area contributed by atoms with Gasteiger partial charge in [0, 0.05) is 12.5 Å². The Morgan fingerprint density at radius 1 is 1.40 bits per heavy atom. The normalized spacial score (nSPS) is 19.4. The molecule has 1 fully saturated rings. The highest BCUT2D eigenvalue weighted by Crippen LogP contribution is 2.27. The number of carbonyl (C=O) groups excluding carboxylic acids is 1. The van der Waals surface area contributed by atoms with E-state index in [1.54, 1.807) is 6.92 Å². The van der Waals surface area contributed by atoms with Crippen molar-refractivity contribution >= 4 is 11.9 Å². The van der Waals surface area contributed by atoms with E-state index in [0.29, 0.717) is 30.0 Å². The summed E-state index contributed by atoms with van der Waals surface area (Å²) in [6.45, 7) is 6.02. The summed E-state index contributed by atoms with van der Waals surface area (Å²) in [5.74, 6) is -0.664.